The molecule has 1 heterocycles. The highest BCUT2D eigenvalue weighted by Crippen LogP contribution is 2.33. The van der Waals surface area contributed by atoms with Crippen LogP contribution in [0.5, 0.6) is 0 Å². The summed E-state index contributed by atoms with van der Waals surface area (Å²) in [6.07, 6.45) is -4.28. The van der Waals surface area contributed by atoms with Gasteiger partial charge in [-0.05, 0) is 31.0 Å². The third-order valence-corrected chi connectivity index (χ3v) is 3.37. The molecule has 2 unspecified atom stereocenters. The van der Waals surface area contributed by atoms with Crippen molar-refractivity contribution in [2.75, 3.05) is 11.9 Å². The van der Waals surface area contributed by atoms with Gasteiger partial charge >= 0.3 is 6.18 Å². The molecule has 1 aromatic rings. The number of nitrogens with one attached hydrogen (secondary N) is 1. The van der Waals surface area contributed by atoms with Crippen LogP contribution in [0.3, 0.4) is 0 Å². The number of amides is 1. The topological polar surface area (TPSA) is 64.4 Å². The normalized spacial score (nSPS) is 22.3. The molecular formula is C13H14ClF3N2O2. The number of nitrogens with two attached hydrogens (primary N) is 1. The predicted octanol–water partition coefficient (Wildman–Crippen LogP) is 2.80. The summed E-state index contributed by atoms with van der Waals surface area (Å²) >= 11 is 5.65. The third-order valence-electron chi connectivity index (χ3n) is 3.16. The lowest BCUT2D eigenvalue weighted by atomic mass is 10.1. The molecule has 2 atom stereocenters. The second kappa shape index (κ2) is 6.21. The quantitative estimate of drug-likeness (QED) is 0.899. The zero-order valence-electron chi connectivity index (χ0n) is 10.9. The third kappa shape index (κ3) is 4.09. The molecular weight excluding hydrogens is 309 g/mol. The van der Waals surface area contributed by atoms with E-state index in [1.54, 1.807) is 0 Å². The summed E-state index contributed by atoms with van der Waals surface area (Å²) in [5.74, 6) is -0.499. The molecule has 4 nitrogen and oxygen atoms in total. The van der Waals surface area contributed by atoms with Crippen molar-refractivity contribution < 1.29 is 22.7 Å². The number of carbonyl (C=O) groups excluding carboxylic acids is 1. The molecule has 0 aromatic heterocycles. The Morgan fingerprint density at radius 2 is 2.10 bits per heavy atom. The Labute approximate surface area is 124 Å². The van der Waals surface area contributed by atoms with E-state index in [9.17, 15) is 18.0 Å². The van der Waals surface area contributed by atoms with Crippen LogP contribution in [0.4, 0.5) is 18.9 Å². The molecule has 1 amide bonds. The van der Waals surface area contributed by atoms with E-state index in [2.05, 4.69) is 5.32 Å². The van der Waals surface area contributed by atoms with E-state index in [-0.39, 0.29) is 16.8 Å². The highest BCUT2D eigenvalue weighted by molar-refractivity contribution is 6.31. The van der Waals surface area contributed by atoms with Crippen LogP contribution in [0.25, 0.3) is 0 Å². The fraction of sp³-hybridized carbons (Fsp3) is 0.462. The van der Waals surface area contributed by atoms with Gasteiger partial charge in [-0.2, -0.15) is 13.2 Å². The van der Waals surface area contributed by atoms with Crippen molar-refractivity contribution in [2.24, 2.45) is 5.73 Å². The fourth-order valence-corrected chi connectivity index (χ4v) is 2.36. The first kappa shape index (κ1) is 16.1. The molecule has 116 valence electrons. The second-order valence-corrected chi connectivity index (χ2v) is 5.21. The minimum atomic E-state index is -4.53. The summed E-state index contributed by atoms with van der Waals surface area (Å²) in [5, 5.41) is 2.29. The van der Waals surface area contributed by atoms with Gasteiger partial charge in [-0.25, -0.2) is 0 Å². The van der Waals surface area contributed by atoms with Gasteiger partial charge in [0.05, 0.1) is 11.7 Å². The highest BCUT2D eigenvalue weighted by Gasteiger charge is 2.32. The van der Waals surface area contributed by atoms with Crippen LogP contribution in [0.15, 0.2) is 18.2 Å². The van der Waals surface area contributed by atoms with Crippen LogP contribution in [-0.4, -0.2) is 24.7 Å². The molecule has 2 rings (SSSR count). The number of anilines is 1. The molecule has 1 aliphatic rings. The zero-order valence-corrected chi connectivity index (χ0v) is 11.7. The number of alkyl halides is 3. The first-order valence-corrected chi connectivity index (χ1v) is 6.71. The van der Waals surface area contributed by atoms with E-state index in [4.69, 9.17) is 22.1 Å². The zero-order chi connectivity index (χ0) is 15.6. The Balaban J connectivity index is 2.09. The SMILES string of the molecule is NCC1CCC(C(=O)Nc2cc(Cl)cc(C(F)(F)F)c2)O1. The van der Waals surface area contributed by atoms with Crippen molar-refractivity contribution in [3.8, 4) is 0 Å². The molecule has 1 aliphatic heterocycles. The first-order valence-electron chi connectivity index (χ1n) is 6.34. The van der Waals surface area contributed by atoms with E-state index >= 15 is 0 Å². The van der Waals surface area contributed by atoms with Crippen LogP contribution in [0, 0.1) is 0 Å². The number of carbonyl (C=O) groups is 1. The molecule has 21 heavy (non-hydrogen) atoms. The number of hydrogen-bond donors (Lipinski definition) is 2. The molecule has 8 heteroatoms. The Morgan fingerprint density at radius 3 is 2.67 bits per heavy atom. The van der Waals surface area contributed by atoms with Gasteiger partial charge in [-0.15, -0.1) is 0 Å². The summed E-state index contributed by atoms with van der Waals surface area (Å²) in [6, 6.07) is 2.89. The lowest BCUT2D eigenvalue weighted by Gasteiger charge is -2.14. The van der Waals surface area contributed by atoms with Gasteiger partial charge < -0.3 is 15.8 Å². The monoisotopic (exact) mass is 322 g/mol. The molecule has 0 saturated carbocycles. The summed E-state index contributed by atoms with van der Waals surface area (Å²) in [5.41, 5.74) is 4.50. The van der Waals surface area contributed by atoms with Gasteiger partial charge in [0.15, 0.2) is 0 Å². The maximum Gasteiger partial charge on any atom is 0.416 e. The maximum atomic E-state index is 12.7. The van der Waals surface area contributed by atoms with E-state index in [1.807, 2.05) is 0 Å². The van der Waals surface area contributed by atoms with Crippen LogP contribution in [0.1, 0.15) is 18.4 Å². The van der Waals surface area contributed by atoms with E-state index in [0.717, 1.165) is 12.1 Å². The van der Waals surface area contributed by atoms with Crippen molar-refractivity contribution in [2.45, 2.75) is 31.2 Å². The van der Waals surface area contributed by atoms with Crippen molar-refractivity contribution in [1.29, 1.82) is 0 Å². The summed E-state index contributed by atoms with van der Waals surface area (Å²) < 4.78 is 43.4. The van der Waals surface area contributed by atoms with Gasteiger partial charge in [0.2, 0.25) is 0 Å². The van der Waals surface area contributed by atoms with Crippen LogP contribution in [0.2, 0.25) is 5.02 Å². The van der Waals surface area contributed by atoms with E-state index in [1.165, 1.54) is 6.07 Å². The molecule has 0 aliphatic carbocycles. The standard InChI is InChI=1S/C13H14ClF3N2O2/c14-8-3-7(13(15,16)17)4-9(5-8)19-12(20)11-2-1-10(6-18)21-11/h3-5,10-11H,1-2,6,18H2,(H,19,20). The van der Waals surface area contributed by atoms with Gasteiger partial charge in [0.1, 0.15) is 6.10 Å². The predicted molar refractivity (Wildman–Crippen MR) is 72.0 cm³/mol. The molecule has 0 spiro atoms. The minimum Gasteiger partial charge on any atom is -0.364 e. The van der Waals surface area contributed by atoms with Crippen molar-refractivity contribution in [3.63, 3.8) is 0 Å². The van der Waals surface area contributed by atoms with E-state index < -0.39 is 23.8 Å². The van der Waals surface area contributed by atoms with Crippen molar-refractivity contribution in [1.82, 2.24) is 0 Å². The van der Waals surface area contributed by atoms with Gasteiger partial charge in [0.25, 0.3) is 5.91 Å². The highest BCUT2D eigenvalue weighted by atomic mass is 35.5. The van der Waals surface area contributed by atoms with Crippen LogP contribution in [-0.2, 0) is 15.7 Å². The number of hydrogen-bond acceptors (Lipinski definition) is 3. The van der Waals surface area contributed by atoms with E-state index in [0.29, 0.717) is 19.4 Å². The smallest absolute Gasteiger partial charge is 0.364 e. The Morgan fingerprint density at radius 1 is 1.38 bits per heavy atom. The van der Waals surface area contributed by atoms with Gasteiger partial charge in [-0.3, -0.25) is 4.79 Å². The average Bonchev–Trinajstić information content (AvgIpc) is 2.85. The van der Waals surface area contributed by atoms with Crippen molar-refractivity contribution in [3.05, 3.63) is 28.8 Å². The summed E-state index contributed by atoms with van der Waals surface area (Å²) in [7, 11) is 0. The molecule has 3 N–H and O–H groups in total. The Bertz CT molecular complexity index is 537. The summed E-state index contributed by atoms with van der Waals surface area (Å²) in [6.45, 7) is 0.305. The van der Waals surface area contributed by atoms with Crippen LogP contribution < -0.4 is 11.1 Å². The second-order valence-electron chi connectivity index (χ2n) is 4.78. The minimum absolute atomic E-state index is 0.0142. The first-order chi connectivity index (χ1) is 9.79. The van der Waals surface area contributed by atoms with Gasteiger partial charge in [-0.1, -0.05) is 11.6 Å². The maximum absolute atomic E-state index is 12.7. The lowest BCUT2D eigenvalue weighted by Crippen LogP contribution is -2.29. The number of halogens is 4. The number of rotatable bonds is 3. The molecule has 1 saturated heterocycles. The average molecular weight is 323 g/mol. The van der Waals surface area contributed by atoms with Crippen LogP contribution >= 0.6 is 11.6 Å². The lowest BCUT2D eigenvalue weighted by molar-refractivity contribution is -0.137. The summed E-state index contributed by atoms with van der Waals surface area (Å²) in [4.78, 5) is 11.9. The van der Waals surface area contributed by atoms with Gasteiger partial charge in [0, 0.05) is 17.3 Å². The largest absolute Gasteiger partial charge is 0.416 e. The number of benzene rings is 1. The number of ether oxygens (including phenoxy) is 1. The molecule has 1 aromatic carbocycles. The molecule has 0 radical (unpaired) electrons. The molecule has 1 fully saturated rings. The Hall–Kier alpha value is -1.31. The molecule has 0 bridgehead atoms. The Kier molecular flexibility index (Phi) is 4.75. The fourth-order valence-electron chi connectivity index (χ4n) is 2.12. The van der Waals surface area contributed by atoms with Crippen molar-refractivity contribution >= 4 is 23.2 Å².